The van der Waals surface area contributed by atoms with E-state index in [-0.39, 0.29) is 6.42 Å². The van der Waals surface area contributed by atoms with Gasteiger partial charge in [-0.05, 0) is 29.8 Å². The summed E-state index contributed by atoms with van der Waals surface area (Å²) >= 11 is 0. The smallest absolute Gasteiger partial charge is 0.258 e. The Hall–Kier alpha value is -2.94. The molecule has 0 aliphatic rings. The van der Waals surface area contributed by atoms with Gasteiger partial charge < -0.3 is 11.1 Å². The second kappa shape index (κ2) is 6.01. The number of halogens is 2. The average molecular weight is 287 g/mol. The Balaban J connectivity index is 2.20. The SMILES string of the molecule is N#CCc1ccc(NC(=O)c2cc(F)cc(N)c2F)cc1. The van der Waals surface area contributed by atoms with Crippen molar-refractivity contribution < 1.29 is 13.6 Å². The van der Waals surface area contributed by atoms with Crippen molar-refractivity contribution in [2.45, 2.75) is 6.42 Å². The van der Waals surface area contributed by atoms with Crippen LogP contribution >= 0.6 is 0 Å². The van der Waals surface area contributed by atoms with Crippen molar-refractivity contribution >= 4 is 17.3 Å². The molecular weight excluding hydrogens is 276 g/mol. The summed E-state index contributed by atoms with van der Waals surface area (Å²) in [6.45, 7) is 0. The molecule has 3 N–H and O–H groups in total. The number of hydrogen-bond donors (Lipinski definition) is 2. The van der Waals surface area contributed by atoms with Crippen LogP contribution in [0.1, 0.15) is 15.9 Å². The normalized spacial score (nSPS) is 9.95. The molecule has 0 bridgehead atoms. The van der Waals surface area contributed by atoms with E-state index in [1.165, 1.54) is 0 Å². The van der Waals surface area contributed by atoms with Crippen LogP contribution in [0, 0.1) is 23.0 Å². The monoisotopic (exact) mass is 287 g/mol. The Kier molecular flexibility index (Phi) is 4.14. The lowest BCUT2D eigenvalue weighted by molar-refractivity contribution is 0.102. The molecule has 2 aromatic rings. The van der Waals surface area contributed by atoms with Crippen LogP contribution in [0.2, 0.25) is 0 Å². The highest BCUT2D eigenvalue weighted by Crippen LogP contribution is 2.19. The van der Waals surface area contributed by atoms with Gasteiger partial charge in [0.05, 0.1) is 23.7 Å². The molecule has 0 atom stereocenters. The molecule has 0 spiro atoms. The Bertz CT molecular complexity index is 721. The van der Waals surface area contributed by atoms with Crippen LogP contribution in [-0.2, 0) is 6.42 Å². The van der Waals surface area contributed by atoms with Gasteiger partial charge in [-0.25, -0.2) is 8.78 Å². The topological polar surface area (TPSA) is 78.9 Å². The number of carbonyl (C=O) groups excluding carboxylic acids is 1. The van der Waals surface area contributed by atoms with Gasteiger partial charge in [0.2, 0.25) is 0 Å². The van der Waals surface area contributed by atoms with Crippen LogP contribution in [0.4, 0.5) is 20.2 Å². The van der Waals surface area contributed by atoms with Crippen molar-refractivity contribution in [2.24, 2.45) is 0 Å². The van der Waals surface area contributed by atoms with Crippen molar-refractivity contribution in [3.8, 4) is 6.07 Å². The molecule has 2 rings (SSSR count). The number of rotatable bonds is 3. The first-order valence-corrected chi connectivity index (χ1v) is 6.03. The maximum Gasteiger partial charge on any atom is 0.258 e. The van der Waals surface area contributed by atoms with Crippen LogP contribution in [-0.4, -0.2) is 5.91 Å². The summed E-state index contributed by atoms with van der Waals surface area (Å²) in [4.78, 5) is 11.9. The van der Waals surface area contributed by atoms with Gasteiger partial charge in [-0.3, -0.25) is 4.79 Å². The zero-order valence-corrected chi connectivity index (χ0v) is 10.9. The van der Waals surface area contributed by atoms with E-state index >= 15 is 0 Å². The lowest BCUT2D eigenvalue weighted by Gasteiger charge is -2.08. The lowest BCUT2D eigenvalue weighted by Crippen LogP contribution is -2.15. The fourth-order valence-corrected chi connectivity index (χ4v) is 1.77. The van der Waals surface area contributed by atoms with Crippen molar-refractivity contribution in [3.63, 3.8) is 0 Å². The van der Waals surface area contributed by atoms with Gasteiger partial charge in [0.1, 0.15) is 5.82 Å². The predicted molar refractivity (Wildman–Crippen MR) is 74.5 cm³/mol. The van der Waals surface area contributed by atoms with Crippen LogP contribution in [0.3, 0.4) is 0 Å². The van der Waals surface area contributed by atoms with Gasteiger partial charge >= 0.3 is 0 Å². The number of nitriles is 1. The fourth-order valence-electron chi connectivity index (χ4n) is 1.77. The second-order valence-electron chi connectivity index (χ2n) is 4.34. The molecule has 21 heavy (non-hydrogen) atoms. The van der Waals surface area contributed by atoms with Crippen LogP contribution < -0.4 is 11.1 Å². The highest BCUT2D eigenvalue weighted by Gasteiger charge is 2.16. The highest BCUT2D eigenvalue weighted by atomic mass is 19.1. The lowest BCUT2D eigenvalue weighted by atomic mass is 10.1. The van der Waals surface area contributed by atoms with Crippen LogP contribution in [0.5, 0.6) is 0 Å². The number of amides is 1. The zero-order valence-electron chi connectivity index (χ0n) is 10.9. The number of hydrogen-bond acceptors (Lipinski definition) is 3. The summed E-state index contributed by atoms with van der Waals surface area (Å²) in [7, 11) is 0. The molecule has 106 valence electrons. The minimum Gasteiger partial charge on any atom is -0.396 e. The Morgan fingerprint density at radius 2 is 1.90 bits per heavy atom. The Morgan fingerprint density at radius 1 is 1.24 bits per heavy atom. The molecule has 0 unspecified atom stereocenters. The number of nitrogen functional groups attached to an aromatic ring is 1. The highest BCUT2D eigenvalue weighted by molar-refractivity contribution is 6.05. The van der Waals surface area contributed by atoms with Gasteiger partial charge in [0.15, 0.2) is 5.82 Å². The van der Waals surface area contributed by atoms with E-state index in [1.807, 2.05) is 6.07 Å². The minimum absolute atomic E-state index is 0.253. The average Bonchev–Trinajstić information content (AvgIpc) is 2.45. The quantitative estimate of drug-likeness (QED) is 0.852. The maximum atomic E-state index is 13.7. The molecule has 0 fully saturated rings. The summed E-state index contributed by atoms with van der Waals surface area (Å²) in [5.74, 6) is -2.55. The summed E-state index contributed by atoms with van der Waals surface area (Å²) in [5.41, 5.74) is 5.58. The first-order valence-electron chi connectivity index (χ1n) is 6.03. The van der Waals surface area contributed by atoms with Crippen molar-refractivity contribution in [1.82, 2.24) is 0 Å². The van der Waals surface area contributed by atoms with Crippen LogP contribution in [0.15, 0.2) is 36.4 Å². The molecule has 0 aromatic heterocycles. The van der Waals surface area contributed by atoms with E-state index in [9.17, 15) is 13.6 Å². The maximum absolute atomic E-state index is 13.7. The molecule has 0 saturated carbocycles. The summed E-state index contributed by atoms with van der Waals surface area (Å²) < 4.78 is 26.9. The molecule has 0 radical (unpaired) electrons. The first-order chi connectivity index (χ1) is 10.0. The number of nitrogens with two attached hydrogens (primary N) is 1. The van der Waals surface area contributed by atoms with Crippen molar-refractivity contribution in [2.75, 3.05) is 11.1 Å². The first kappa shape index (κ1) is 14.5. The third-order valence-corrected chi connectivity index (χ3v) is 2.81. The van der Waals surface area contributed by atoms with E-state index in [2.05, 4.69) is 5.32 Å². The molecule has 4 nitrogen and oxygen atoms in total. The summed E-state index contributed by atoms with van der Waals surface area (Å²) in [5, 5.41) is 11.0. The molecular formula is C15H11F2N3O. The number of benzene rings is 2. The Morgan fingerprint density at radius 3 is 2.52 bits per heavy atom. The second-order valence-corrected chi connectivity index (χ2v) is 4.34. The number of anilines is 2. The van der Waals surface area contributed by atoms with Gasteiger partial charge in [0.25, 0.3) is 5.91 Å². The molecule has 0 aliphatic carbocycles. The molecule has 0 aliphatic heterocycles. The van der Waals surface area contributed by atoms with E-state index in [4.69, 9.17) is 11.0 Å². The number of nitrogens with zero attached hydrogens (tertiary/aromatic N) is 1. The molecule has 0 saturated heterocycles. The summed E-state index contributed by atoms with van der Waals surface area (Å²) in [6.07, 6.45) is 0.253. The molecule has 0 heterocycles. The zero-order chi connectivity index (χ0) is 15.4. The standard InChI is InChI=1S/C15H11F2N3O/c16-10-7-12(14(17)13(19)8-10)15(21)20-11-3-1-9(2-4-11)5-6-18/h1-4,7-8H,5,19H2,(H,20,21). The van der Waals surface area contributed by atoms with Gasteiger partial charge in [-0.1, -0.05) is 12.1 Å². The summed E-state index contributed by atoms with van der Waals surface area (Å²) in [6, 6.07) is 10.1. The van der Waals surface area contributed by atoms with Crippen LogP contribution in [0.25, 0.3) is 0 Å². The van der Waals surface area contributed by atoms with E-state index in [1.54, 1.807) is 24.3 Å². The third kappa shape index (κ3) is 3.34. The number of nitrogens with one attached hydrogen (secondary N) is 1. The van der Waals surface area contributed by atoms with Crippen molar-refractivity contribution in [3.05, 3.63) is 59.2 Å². The molecule has 2 aromatic carbocycles. The molecule has 1 amide bonds. The molecule has 6 heteroatoms. The fraction of sp³-hybridized carbons (Fsp3) is 0.0667. The van der Waals surface area contributed by atoms with Gasteiger partial charge in [-0.15, -0.1) is 0 Å². The van der Waals surface area contributed by atoms with Gasteiger partial charge in [-0.2, -0.15) is 5.26 Å². The predicted octanol–water partition coefficient (Wildman–Crippen LogP) is 2.87. The van der Waals surface area contributed by atoms with Gasteiger partial charge in [0, 0.05) is 5.69 Å². The number of carbonyl (C=O) groups is 1. The van der Waals surface area contributed by atoms with E-state index in [0.29, 0.717) is 5.69 Å². The minimum atomic E-state index is -0.963. The van der Waals surface area contributed by atoms with Crippen molar-refractivity contribution in [1.29, 1.82) is 5.26 Å². The third-order valence-electron chi connectivity index (χ3n) is 2.81. The van der Waals surface area contributed by atoms with E-state index in [0.717, 1.165) is 17.7 Å². The van der Waals surface area contributed by atoms with E-state index < -0.39 is 28.8 Å². The Labute approximate surface area is 119 Å². The largest absolute Gasteiger partial charge is 0.396 e.